The van der Waals surface area contributed by atoms with E-state index in [4.69, 9.17) is 0 Å². The summed E-state index contributed by atoms with van der Waals surface area (Å²) in [5.74, 6) is 0.0897. The highest BCUT2D eigenvalue weighted by Crippen LogP contribution is 1.97. The molecule has 12 heavy (non-hydrogen) atoms. The molecule has 1 N–H and O–H groups in total. The molecule has 0 saturated heterocycles. The second kappa shape index (κ2) is 4.45. The molecule has 0 aliphatic rings. The van der Waals surface area contributed by atoms with E-state index in [-0.39, 0.29) is 11.4 Å². The zero-order valence-corrected chi connectivity index (χ0v) is 8.77. The fourth-order valence-electron chi connectivity index (χ4n) is 0.815. The molecule has 1 amide bonds. The Morgan fingerprint density at radius 3 is 2.25 bits per heavy atom. The van der Waals surface area contributed by atoms with Crippen LogP contribution in [0.5, 0.6) is 0 Å². The highest BCUT2D eigenvalue weighted by Gasteiger charge is 2.13. The summed E-state index contributed by atoms with van der Waals surface area (Å²) in [5, 5.41) is 2.90. The number of nitrogens with zero attached hydrogens (tertiary/aromatic N) is 1. The summed E-state index contributed by atoms with van der Waals surface area (Å²) >= 11 is 0. The highest BCUT2D eigenvalue weighted by atomic mass is 16.2. The molecule has 0 atom stereocenters. The lowest BCUT2D eigenvalue weighted by atomic mass is 10.1. The predicted molar refractivity (Wildman–Crippen MR) is 51.1 cm³/mol. The zero-order valence-electron chi connectivity index (χ0n) is 8.77. The first-order chi connectivity index (χ1) is 5.35. The van der Waals surface area contributed by atoms with E-state index in [9.17, 15) is 4.79 Å². The van der Waals surface area contributed by atoms with E-state index < -0.39 is 0 Å². The fraction of sp³-hybridized carbons (Fsp3) is 0.889. The van der Waals surface area contributed by atoms with Gasteiger partial charge < -0.3 is 5.32 Å². The maximum atomic E-state index is 11.3. The number of likely N-dealkylation sites (N-methyl/N-ethyl adjacent to an activating group) is 1. The molecule has 0 heterocycles. The van der Waals surface area contributed by atoms with Crippen molar-refractivity contribution in [1.29, 1.82) is 0 Å². The summed E-state index contributed by atoms with van der Waals surface area (Å²) in [6.07, 6.45) is 0. The molecule has 0 aliphatic carbocycles. The van der Waals surface area contributed by atoms with Crippen molar-refractivity contribution in [2.24, 2.45) is 0 Å². The number of carbonyl (C=O) groups is 1. The lowest BCUT2D eigenvalue weighted by Crippen LogP contribution is -2.45. The van der Waals surface area contributed by atoms with Crippen LogP contribution >= 0.6 is 0 Å². The number of nitrogens with one attached hydrogen (secondary N) is 1. The molecule has 0 radical (unpaired) electrons. The third-order valence-corrected chi connectivity index (χ3v) is 1.47. The van der Waals surface area contributed by atoms with Crippen LogP contribution in [0.25, 0.3) is 0 Å². The summed E-state index contributed by atoms with van der Waals surface area (Å²) in [7, 11) is 1.93. The average Bonchev–Trinajstić information content (AvgIpc) is 1.82. The van der Waals surface area contributed by atoms with Gasteiger partial charge in [-0.2, -0.15) is 0 Å². The Labute approximate surface area is 75.1 Å². The van der Waals surface area contributed by atoms with Gasteiger partial charge in [0.2, 0.25) is 5.91 Å². The van der Waals surface area contributed by atoms with Crippen LogP contribution in [0.4, 0.5) is 0 Å². The lowest BCUT2D eigenvalue weighted by Gasteiger charge is -2.22. The van der Waals surface area contributed by atoms with Crippen LogP contribution in [-0.4, -0.2) is 36.5 Å². The van der Waals surface area contributed by atoms with Crippen molar-refractivity contribution in [2.45, 2.75) is 33.2 Å². The molecule has 0 bridgehead atoms. The third-order valence-electron chi connectivity index (χ3n) is 1.47. The van der Waals surface area contributed by atoms with Gasteiger partial charge in [-0.05, 0) is 34.4 Å². The number of carbonyl (C=O) groups excluding carboxylic acids is 1. The van der Waals surface area contributed by atoms with Crippen LogP contribution in [-0.2, 0) is 4.79 Å². The van der Waals surface area contributed by atoms with Crippen LogP contribution in [0.1, 0.15) is 27.7 Å². The molecule has 3 nitrogen and oxygen atoms in total. The quantitative estimate of drug-likeness (QED) is 0.684. The normalized spacial score (nSPS) is 11.8. The van der Waals surface area contributed by atoms with Gasteiger partial charge in [-0.15, -0.1) is 0 Å². The molecule has 0 aromatic rings. The van der Waals surface area contributed by atoms with Crippen LogP contribution in [0.15, 0.2) is 0 Å². The summed E-state index contributed by atoms with van der Waals surface area (Å²) in [6.45, 7) is 9.36. The third kappa shape index (κ3) is 6.16. The van der Waals surface area contributed by atoms with Gasteiger partial charge in [-0.3, -0.25) is 9.69 Å². The van der Waals surface area contributed by atoms with Gasteiger partial charge in [-0.1, -0.05) is 6.92 Å². The minimum Gasteiger partial charge on any atom is -0.350 e. The topological polar surface area (TPSA) is 32.3 Å². The monoisotopic (exact) mass is 172 g/mol. The second-order valence-electron chi connectivity index (χ2n) is 4.13. The molecular formula is C9H20N2O. The standard InChI is InChI=1S/C9H20N2O/c1-6-11(5)7-8(12)10-9(2,3)4/h6-7H2,1-5H3,(H,10,12). The molecule has 0 unspecified atom stereocenters. The zero-order chi connectivity index (χ0) is 9.78. The van der Waals surface area contributed by atoms with E-state index >= 15 is 0 Å². The fourth-order valence-corrected chi connectivity index (χ4v) is 0.815. The van der Waals surface area contributed by atoms with Gasteiger partial charge in [0.15, 0.2) is 0 Å². The molecule has 0 rings (SSSR count). The van der Waals surface area contributed by atoms with Gasteiger partial charge in [0.1, 0.15) is 0 Å². The van der Waals surface area contributed by atoms with E-state index in [0.29, 0.717) is 6.54 Å². The van der Waals surface area contributed by atoms with Gasteiger partial charge in [0.25, 0.3) is 0 Å². The molecule has 0 fully saturated rings. The van der Waals surface area contributed by atoms with E-state index in [2.05, 4.69) is 5.32 Å². The summed E-state index contributed by atoms with van der Waals surface area (Å²) in [4.78, 5) is 13.2. The van der Waals surface area contributed by atoms with Crippen molar-refractivity contribution in [3.05, 3.63) is 0 Å². The second-order valence-corrected chi connectivity index (χ2v) is 4.13. The lowest BCUT2D eigenvalue weighted by molar-refractivity contribution is -0.123. The number of hydrogen-bond donors (Lipinski definition) is 1. The van der Waals surface area contributed by atoms with Crippen molar-refractivity contribution in [3.8, 4) is 0 Å². The van der Waals surface area contributed by atoms with Crippen LogP contribution in [0.2, 0.25) is 0 Å². The molecule has 0 aliphatic heterocycles. The first-order valence-electron chi connectivity index (χ1n) is 4.34. The summed E-state index contributed by atoms with van der Waals surface area (Å²) < 4.78 is 0. The number of hydrogen-bond acceptors (Lipinski definition) is 2. The molecule has 72 valence electrons. The Morgan fingerprint density at radius 2 is 1.92 bits per heavy atom. The summed E-state index contributed by atoms with van der Waals surface area (Å²) in [6, 6.07) is 0. The van der Waals surface area contributed by atoms with Crippen LogP contribution in [0, 0.1) is 0 Å². The Bertz CT molecular complexity index is 149. The van der Waals surface area contributed by atoms with E-state index in [0.717, 1.165) is 6.54 Å². The van der Waals surface area contributed by atoms with Crippen LogP contribution < -0.4 is 5.32 Å². The minimum absolute atomic E-state index is 0.0897. The molecule has 3 heteroatoms. The van der Waals surface area contributed by atoms with Crippen molar-refractivity contribution < 1.29 is 4.79 Å². The Balaban J connectivity index is 3.75. The number of amides is 1. The highest BCUT2D eigenvalue weighted by molar-refractivity contribution is 5.78. The minimum atomic E-state index is -0.119. The average molecular weight is 172 g/mol. The van der Waals surface area contributed by atoms with Crippen molar-refractivity contribution in [1.82, 2.24) is 10.2 Å². The SMILES string of the molecule is CCN(C)CC(=O)NC(C)(C)C. The predicted octanol–water partition coefficient (Wildman–Crippen LogP) is 0.853. The van der Waals surface area contributed by atoms with Crippen molar-refractivity contribution in [2.75, 3.05) is 20.1 Å². The van der Waals surface area contributed by atoms with E-state index in [1.807, 2.05) is 39.6 Å². The maximum absolute atomic E-state index is 11.3. The molecular weight excluding hydrogens is 152 g/mol. The molecule has 0 aromatic heterocycles. The number of rotatable bonds is 3. The van der Waals surface area contributed by atoms with E-state index in [1.54, 1.807) is 0 Å². The van der Waals surface area contributed by atoms with Crippen LogP contribution in [0.3, 0.4) is 0 Å². The van der Waals surface area contributed by atoms with Gasteiger partial charge in [0.05, 0.1) is 6.54 Å². The van der Waals surface area contributed by atoms with E-state index in [1.165, 1.54) is 0 Å². The van der Waals surface area contributed by atoms with Gasteiger partial charge in [-0.25, -0.2) is 0 Å². The Hall–Kier alpha value is -0.570. The smallest absolute Gasteiger partial charge is 0.234 e. The molecule has 0 spiro atoms. The Morgan fingerprint density at radius 1 is 1.42 bits per heavy atom. The van der Waals surface area contributed by atoms with Crippen molar-refractivity contribution in [3.63, 3.8) is 0 Å². The first-order valence-corrected chi connectivity index (χ1v) is 4.34. The van der Waals surface area contributed by atoms with Crippen molar-refractivity contribution >= 4 is 5.91 Å². The maximum Gasteiger partial charge on any atom is 0.234 e. The van der Waals surface area contributed by atoms with Gasteiger partial charge >= 0.3 is 0 Å². The largest absolute Gasteiger partial charge is 0.350 e. The molecule has 0 saturated carbocycles. The Kier molecular flexibility index (Phi) is 4.24. The molecule has 0 aromatic carbocycles. The first kappa shape index (κ1) is 11.4. The summed E-state index contributed by atoms with van der Waals surface area (Å²) in [5.41, 5.74) is -0.119. The van der Waals surface area contributed by atoms with Gasteiger partial charge in [0, 0.05) is 5.54 Å².